The summed E-state index contributed by atoms with van der Waals surface area (Å²) >= 11 is 0. The summed E-state index contributed by atoms with van der Waals surface area (Å²) in [6.07, 6.45) is 0.116. The number of ether oxygens (including phenoxy) is 1. The number of amides is 2. The number of hydrogen-bond donors (Lipinski definition) is 1. The van der Waals surface area contributed by atoms with E-state index in [0.717, 1.165) is 4.90 Å². The molecule has 2 amide bonds. The number of carbonyl (C=O) groups is 3. The van der Waals surface area contributed by atoms with Gasteiger partial charge >= 0.3 is 5.97 Å². The van der Waals surface area contributed by atoms with Gasteiger partial charge in [0.05, 0.1) is 25.7 Å². The molecule has 1 saturated heterocycles. The highest BCUT2D eigenvalue weighted by molar-refractivity contribution is 6.10. The van der Waals surface area contributed by atoms with Gasteiger partial charge in [-0.1, -0.05) is 18.2 Å². The number of hydrogen-bond acceptors (Lipinski definition) is 4. The highest BCUT2D eigenvalue weighted by atomic mass is 16.5. The molecule has 0 aromatic heterocycles. The summed E-state index contributed by atoms with van der Waals surface area (Å²) in [5.74, 6) is -2.70. The first-order valence-corrected chi connectivity index (χ1v) is 6.34. The number of carbonyl (C=O) groups excluding carboxylic acids is 2. The lowest BCUT2D eigenvalue weighted by Crippen LogP contribution is -2.52. The van der Waals surface area contributed by atoms with E-state index in [0.29, 0.717) is 11.1 Å². The van der Waals surface area contributed by atoms with Gasteiger partial charge in [0.1, 0.15) is 5.92 Å². The number of imide groups is 1. The Bertz CT molecular complexity index is 597. The lowest BCUT2D eigenvalue weighted by molar-refractivity contribution is -0.143. The molecule has 1 aromatic rings. The molecule has 6 heteroatoms. The zero-order valence-electron chi connectivity index (χ0n) is 10.6. The second kappa shape index (κ2) is 4.72. The van der Waals surface area contributed by atoms with Gasteiger partial charge in [-0.15, -0.1) is 0 Å². The predicted octanol–water partition coefficient (Wildman–Crippen LogP) is 0.311. The van der Waals surface area contributed by atoms with Gasteiger partial charge in [0.25, 0.3) is 5.91 Å². The molecule has 2 unspecified atom stereocenters. The highest BCUT2D eigenvalue weighted by Crippen LogP contribution is 2.27. The van der Waals surface area contributed by atoms with E-state index in [9.17, 15) is 14.4 Å². The summed E-state index contributed by atoms with van der Waals surface area (Å²) in [7, 11) is 0. The zero-order chi connectivity index (χ0) is 14.3. The fourth-order valence-corrected chi connectivity index (χ4v) is 2.74. The van der Waals surface area contributed by atoms with Gasteiger partial charge < -0.3 is 9.84 Å². The van der Waals surface area contributed by atoms with Crippen molar-refractivity contribution in [2.24, 2.45) is 5.92 Å². The Morgan fingerprint density at radius 2 is 2.00 bits per heavy atom. The maximum atomic E-state index is 12.4. The van der Waals surface area contributed by atoms with Crippen LogP contribution in [0, 0.1) is 5.92 Å². The third-order valence-corrected chi connectivity index (χ3v) is 3.78. The SMILES string of the molecule is O=C(O)C1COCC1N1C(=O)Cc2ccccc2C1=O. The van der Waals surface area contributed by atoms with Crippen molar-refractivity contribution in [2.45, 2.75) is 12.5 Å². The Morgan fingerprint density at radius 1 is 1.25 bits per heavy atom. The number of carboxylic acids is 1. The molecule has 0 aliphatic carbocycles. The van der Waals surface area contributed by atoms with Crippen LogP contribution < -0.4 is 0 Å². The molecule has 0 saturated carbocycles. The van der Waals surface area contributed by atoms with Gasteiger partial charge in [-0.3, -0.25) is 19.3 Å². The number of benzene rings is 1. The van der Waals surface area contributed by atoms with Gasteiger partial charge in [-0.25, -0.2) is 0 Å². The third kappa shape index (κ3) is 1.89. The molecule has 1 N–H and O–H groups in total. The highest BCUT2D eigenvalue weighted by Gasteiger charge is 2.45. The Kier molecular flexibility index (Phi) is 3.02. The molecule has 2 heterocycles. The van der Waals surface area contributed by atoms with Crippen molar-refractivity contribution < 1.29 is 24.2 Å². The second-order valence-electron chi connectivity index (χ2n) is 4.95. The monoisotopic (exact) mass is 275 g/mol. The minimum atomic E-state index is -1.05. The molecule has 104 valence electrons. The maximum absolute atomic E-state index is 12.4. The van der Waals surface area contributed by atoms with Crippen LogP contribution in [0.5, 0.6) is 0 Å². The van der Waals surface area contributed by atoms with Gasteiger partial charge in [0.15, 0.2) is 0 Å². The molecule has 0 bridgehead atoms. The van der Waals surface area contributed by atoms with Gasteiger partial charge in [0.2, 0.25) is 5.91 Å². The van der Waals surface area contributed by atoms with E-state index in [-0.39, 0.29) is 25.5 Å². The minimum Gasteiger partial charge on any atom is -0.481 e. The zero-order valence-corrected chi connectivity index (χ0v) is 10.6. The standard InChI is InChI=1S/C14H13NO5/c16-12-5-8-3-1-2-4-9(8)13(17)15(12)11-7-20-6-10(11)14(18)19/h1-4,10-11H,5-7H2,(H,18,19). The average Bonchev–Trinajstić information content (AvgIpc) is 2.88. The fraction of sp³-hybridized carbons (Fsp3) is 0.357. The summed E-state index contributed by atoms with van der Waals surface area (Å²) in [6, 6.07) is 6.17. The Hall–Kier alpha value is -2.21. The van der Waals surface area contributed by atoms with E-state index < -0.39 is 23.8 Å². The second-order valence-corrected chi connectivity index (χ2v) is 4.95. The first-order chi connectivity index (χ1) is 9.59. The lowest BCUT2D eigenvalue weighted by Gasteiger charge is -2.32. The summed E-state index contributed by atoms with van der Waals surface area (Å²) in [5, 5.41) is 9.15. The molecule has 1 fully saturated rings. The van der Waals surface area contributed by atoms with Crippen LogP contribution in [0.1, 0.15) is 15.9 Å². The maximum Gasteiger partial charge on any atom is 0.311 e. The Balaban J connectivity index is 1.97. The van der Waals surface area contributed by atoms with Crippen molar-refractivity contribution in [3.63, 3.8) is 0 Å². The van der Waals surface area contributed by atoms with Crippen LogP contribution in [-0.2, 0) is 20.7 Å². The summed E-state index contributed by atoms with van der Waals surface area (Å²) in [6.45, 7) is 0.106. The fourth-order valence-electron chi connectivity index (χ4n) is 2.74. The Morgan fingerprint density at radius 3 is 2.75 bits per heavy atom. The molecule has 2 atom stereocenters. The summed E-state index contributed by atoms with van der Waals surface area (Å²) < 4.78 is 5.14. The average molecular weight is 275 g/mol. The molecular formula is C14H13NO5. The number of fused-ring (bicyclic) bond motifs is 1. The van der Waals surface area contributed by atoms with E-state index in [1.165, 1.54) is 0 Å². The van der Waals surface area contributed by atoms with Crippen LogP contribution in [-0.4, -0.2) is 47.0 Å². The van der Waals surface area contributed by atoms with Crippen molar-refractivity contribution in [3.8, 4) is 0 Å². The molecule has 20 heavy (non-hydrogen) atoms. The first kappa shape index (κ1) is 12.8. The van der Waals surface area contributed by atoms with E-state index in [2.05, 4.69) is 0 Å². The van der Waals surface area contributed by atoms with E-state index in [1.54, 1.807) is 24.3 Å². The molecular weight excluding hydrogens is 262 g/mol. The molecule has 2 aliphatic rings. The van der Waals surface area contributed by atoms with Crippen LogP contribution in [0.3, 0.4) is 0 Å². The van der Waals surface area contributed by atoms with Gasteiger partial charge in [-0.2, -0.15) is 0 Å². The summed E-state index contributed by atoms with van der Waals surface area (Å²) in [4.78, 5) is 36.9. The molecule has 3 rings (SSSR count). The van der Waals surface area contributed by atoms with Crippen LogP contribution >= 0.6 is 0 Å². The normalized spacial score (nSPS) is 25.7. The first-order valence-electron chi connectivity index (χ1n) is 6.34. The number of carboxylic acid groups (broad SMARTS) is 1. The molecule has 6 nitrogen and oxygen atoms in total. The largest absolute Gasteiger partial charge is 0.481 e. The summed E-state index contributed by atoms with van der Waals surface area (Å²) in [5.41, 5.74) is 1.15. The van der Waals surface area contributed by atoms with Gasteiger partial charge in [0, 0.05) is 5.56 Å². The van der Waals surface area contributed by atoms with Crippen molar-refractivity contribution in [1.82, 2.24) is 4.90 Å². The van der Waals surface area contributed by atoms with Crippen molar-refractivity contribution >= 4 is 17.8 Å². The predicted molar refractivity (Wildman–Crippen MR) is 67.1 cm³/mol. The van der Waals surface area contributed by atoms with E-state index >= 15 is 0 Å². The van der Waals surface area contributed by atoms with Crippen molar-refractivity contribution in [1.29, 1.82) is 0 Å². The topological polar surface area (TPSA) is 83.9 Å². The number of nitrogens with zero attached hydrogens (tertiary/aromatic N) is 1. The Labute approximate surface area is 114 Å². The number of aliphatic carboxylic acids is 1. The smallest absolute Gasteiger partial charge is 0.311 e. The van der Waals surface area contributed by atoms with Crippen molar-refractivity contribution in [3.05, 3.63) is 35.4 Å². The van der Waals surface area contributed by atoms with E-state index in [4.69, 9.17) is 9.84 Å². The van der Waals surface area contributed by atoms with E-state index in [1.807, 2.05) is 0 Å². The lowest BCUT2D eigenvalue weighted by atomic mass is 9.94. The van der Waals surface area contributed by atoms with Crippen molar-refractivity contribution in [2.75, 3.05) is 13.2 Å². The third-order valence-electron chi connectivity index (χ3n) is 3.78. The number of rotatable bonds is 2. The quantitative estimate of drug-likeness (QED) is 0.785. The van der Waals surface area contributed by atoms with Crippen LogP contribution in [0.15, 0.2) is 24.3 Å². The van der Waals surface area contributed by atoms with Crippen LogP contribution in [0.25, 0.3) is 0 Å². The molecule has 0 spiro atoms. The van der Waals surface area contributed by atoms with Gasteiger partial charge in [-0.05, 0) is 11.6 Å². The van der Waals surface area contributed by atoms with Crippen LogP contribution in [0.4, 0.5) is 0 Å². The molecule has 0 radical (unpaired) electrons. The molecule has 2 aliphatic heterocycles. The minimum absolute atomic E-state index is 0.0265. The molecule has 1 aromatic carbocycles. The van der Waals surface area contributed by atoms with Crippen LogP contribution in [0.2, 0.25) is 0 Å².